The van der Waals surface area contributed by atoms with Crippen LogP contribution in [-0.2, 0) is 6.61 Å². The zero-order valence-corrected chi connectivity index (χ0v) is 14.1. The maximum absolute atomic E-state index is 9.34. The summed E-state index contributed by atoms with van der Waals surface area (Å²) in [6, 6.07) is 20.0. The number of hydrogen-bond donors (Lipinski definition) is 0. The van der Waals surface area contributed by atoms with Gasteiger partial charge in [0.2, 0.25) is 0 Å². The third kappa shape index (κ3) is 4.09. The highest BCUT2D eigenvalue weighted by Gasteiger charge is 2.05. The molecule has 2 aromatic carbocycles. The summed E-state index contributed by atoms with van der Waals surface area (Å²) in [4.78, 5) is 4.36. The lowest BCUT2D eigenvalue weighted by Crippen LogP contribution is -1.94. The Bertz CT molecular complexity index is 874. The molecule has 24 heavy (non-hydrogen) atoms. The molecule has 0 bridgehead atoms. The molecule has 3 nitrogen and oxygen atoms in total. The fraction of sp³-hybridized carbons (Fsp3) is 0.100. The van der Waals surface area contributed by atoms with Crippen molar-refractivity contribution in [3.63, 3.8) is 0 Å². The molecule has 3 aromatic rings. The van der Waals surface area contributed by atoms with E-state index in [1.807, 2.05) is 73.0 Å². The maximum atomic E-state index is 9.34. The van der Waals surface area contributed by atoms with Crippen LogP contribution in [0.25, 0.3) is 11.6 Å². The van der Waals surface area contributed by atoms with Gasteiger partial charge in [0.1, 0.15) is 23.4 Å². The van der Waals surface area contributed by atoms with E-state index in [-0.39, 0.29) is 0 Å². The summed E-state index contributed by atoms with van der Waals surface area (Å²) in [5, 5.41) is 12.0. The van der Waals surface area contributed by atoms with E-state index >= 15 is 0 Å². The third-order valence-corrected chi connectivity index (χ3v) is 4.40. The SMILES string of the molecule is Cc1csc(/C(C#N)=C/c2ccc(OCc3ccccc3)cc2)n1. The lowest BCUT2D eigenvalue weighted by Gasteiger charge is -2.06. The third-order valence-electron chi connectivity index (χ3n) is 3.41. The predicted molar refractivity (Wildman–Crippen MR) is 97.6 cm³/mol. The highest BCUT2D eigenvalue weighted by molar-refractivity contribution is 7.11. The number of benzene rings is 2. The number of nitriles is 1. The van der Waals surface area contributed by atoms with Crippen molar-refractivity contribution in [3.8, 4) is 11.8 Å². The summed E-state index contributed by atoms with van der Waals surface area (Å²) < 4.78 is 5.77. The zero-order valence-electron chi connectivity index (χ0n) is 13.3. The van der Waals surface area contributed by atoms with E-state index in [0.717, 1.165) is 27.6 Å². The molecule has 0 N–H and O–H groups in total. The summed E-state index contributed by atoms with van der Waals surface area (Å²) in [6.45, 7) is 2.46. The first-order valence-electron chi connectivity index (χ1n) is 7.56. The van der Waals surface area contributed by atoms with Crippen molar-refractivity contribution < 1.29 is 4.74 Å². The monoisotopic (exact) mass is 332 g/mol. The molecule has 118 valence electrons. The van der Waals surface area contributed by atoms with E-state index in [1.54, 1.807) is 0 Å². The summed E-state index contributed by atoms with van der Waals surface area (Å²) in [7, 11) is 0. The van der Waals surface area contributed by atoms with Gasteiger partial charge in [-0.25, -0.2) is 4.98 Å². The first-order chi connectivity index (χ1) is 11.7. The number of thiazole rings is 1. The van der Waals surface area contributed by atoms with Crippen LogP contribution in [0.2, 0.25) is 0 Å². The van der Waals surface area contributed by atoms with Gasteiger partial charge in [0.25, 0.3) is 0 Å². The van der Waals surface area contributed by atoms with Gasteiger partial charge in [-0.05, 0) is 36.3 Å². The summed E-state index contributed by atoms with van der Waals surface area (Å²) in [6.07, 6.45) is 1.85. The van der Waals surface area contributed by atoms with E-state index in [2.05, 4.69) is 11.1 Å². The van der Waals surface area contributed by atoms with Gasteiger partial charge in [-0.15, -0.1) is 11.3 Å². The van der Waals surface area contributed by atoms with Crippen LogP contribution in [0, 0.1) is 18.3 Å². The average Bonchev–Trinajstić information content (AvgIpc) is 3.06. The zero-order chi connectivity index (χ0) is 16.8. The molecule has 0 spiro atoms. The molecule has 0 radical (unpaired) electrons. The van der Waals surface area contributed by atoms with Crippen molar-refractivity contribution in [1.82, 2.24) is 4.98 Å². The lowest BCUT2D eigenvalue weighted by atomic mass is 10.1. The van der Waals surface area contributed by atoms with E-state index in [0.29, 0.717) is 12.2 Å². The van der Waals surface area contributed by atoms with Gasteiger partial charge >= 0.3 is 0 Å². The van der Waals surface area contributed by atoms with E-state index in [9.17, 15) is 5.26 Å². The minimum atomic E-state index is 0.540. The van der Waals surface area contributed by atoms with Crippen LogP contribution < -0.4 is 4.74 Å². The number of aryl methyl sites for hydroxylation is 1. The molecule has 1 heterocycles. The molecule has 0 fully saturated rings. The molecule has 0 amide bonds. The molecule has 0 aliphatic heterocycles. The van der Waals surface area contributed by atoms with Crippen molar-refractivity contribution in [2.45, 2.75) is 13.5 Å². The number of ether oxygens (including phenoxy) is 1. The molecular formula is C20H16N2OS. The predicted octanol–water partition coefficient (Wildman–Crippen LogP) is 5.09. The van der Waals surface area contributed by atoms with Crippen LogP contribution in [0.4, 0.5) is 0 Å². The molecular weight excluding hydrogens is 316 g/mol. The Hall–Kier alpha value is -2.90. The van der Waals surface area contributed by atoms with Crippen molar-refractivity contribution in [2.75, 3.05) is 0 Å². The van der Waals surface area contributed by atoms with Gasteiger partial charge in [-0.2, -0.15) is 5.26 Å². The second kappa shape index (κ2) is 7.58. The normalized spacial score (nSPS) is 11.1. The van der Waals surface area contributed by atoms with Gasteiger partial charge in [-0.1, -0.05) is 42.5 Å². The number of aromatic nitrogens is 1. The minimum absolute atomic E-state index is 0.540. The van der Waals surface area contributed by atoms with Crippen LogP contribution in [0.3, 0.4) is 0 Å². The minimum Gasteiger partial charge on any atom is -0.489 e. The second-order valence-electron chi connectivity index (χ2n) is 5.31. The Balaban J connectivity index is 1.70. The van der Waals surface area contributed by atoms with Crippen molar-refractivity contribution in [2.24, 2.45) is 0 Å². The highest BCUT2D eigenvalue weighted by atomic mass is 32.1. The largest absolute Gasteiger partial charge is 0.489 e. The van der Waals surface area contributed by atoms with Gasteiger partial charge in [-0.3, -0.25) is 0 Å². The Morgan fingerprint density at radius 3 is 2.54 bits per heavy atom. The van der Waals surface area contributed by atoms with Gasteiger partial charge in [0.15, 0.2) is 0 Å². The van der Waals surface area contributed by atoms with E-state index < -0.39 is 0 Å². The smallest absolute Gasteiger partial charge is 0.134 e. The first-order valence-corrected chi connectivity index (χ1v) is 8.43. The molecule has 0 atom stereocenters. The molecule has 0 saturated heterocycles. The number of nitrogens with zero attached hydrogens (tertiary/aromatic N) is 2. The Kier molecular flexibility index (Phi) is 5.05. The summed E-state index contributed by atoms with van der Waals surface area (Å²) >= 11 is 1.48. The maximum Gasteiger partial charge on any atom is 0.134 e. The molecule has 0 aliphatic rings. The Morgan fingerprint density at radius 1 is 1.17 bits per heavy atom. The standard InChI is InChI=1S/C20H16N2OS/c1-15-14-24-20(22-15)18(12-21)11-16-7-9-19(10-8-16)23-13-17-5-3-2-4-6-17/h2-11,14H,13H2,1H3/b18-11+. The number of rotatable bonds is 5. The van der Waals surface area contributed by atoms with Gasteiger partial charge in [0, 0.05) is 11.1 Å². The van der Waals surface area contributed by atoms with Crippen LogP contribution >= 0.6 is 11.3 Å². The average molecular weight is 332 g/mol. The second-order valence-corrected chi connectivity index (χ2v) is 6.17. The molecule has 0 unspecified atom stereocenters. The quantitative estimate of drug-likeness (QED) is 0.611. The van der Waals surface area contributed by atoms with Gasteiger partial charge in [0.05, 0.1) is 5.57 Å². The fourth-order valence-corrected chi connectivity index (χ4v) is 2.95. The van der Waals surface area contributed by atoms with E-state index in [1.165, 1.54) is 11.3 Å². The molecule has 3 rings (SSSR count). The summed E-state index contributed by atoms with van der Waals surface area (Å²) in [5.74, 6) is 0.805. The Labute approximate surface area is 145 Å². The van der Waals surface area contributed by atoms with Crippen LogP contribution in [0.1, 0.15) is 21.8 Å². The van der Waals surface area contributed by atoms with Crippen molar-refractivity contribution in [1.29, 1.82) is 5.26 Å². The topological polar surface area (TPSA) is 45.9 Å². The van der Waals surface area contributed by atoms with E-state index in [4.69, 9.17) is 4.74 Å². The Morgan fingerprint density at radius 2 is 1.92 bits per heavy atom. The number of allylic oxidation sites excluding steroid dienone is 1. The summed E-state index contributed by atoms with van der Waals surface area (Å²) in [5.41, 5.74) is 3.59. The van der Waals surface area contributed by atoms with Crippen LogP contribution in [-0.4, -0.2) is 4.98 Å². The molecule has 0 saturated carbocycles. The van der Waals surface area contributed by atoms with Crippen LogP contribution in [0.5, 0.6) is 5.75 Å². The molecule has 4 heteroatoms. The number of hydrogen-bond acceptors (Lipinski definition) is 4. The van der Waals surface area contributed by atoms with Crippen LogP contribution in [0.15, 0.2) is 60.0 Å². The molecule has 0 aliphatic carbocycles. The highest BCUT2D eigenvalue weighted by Crippen LogP contribution is 2.22. The molecule has 1 aromatic heterocycles. The first kappa shape index (κ1) is 16.0. The van der Waals surface area contributed by atoms with Crippen molar-refractivity contribution >= 4 is 23.0 Å². The lowest BCUT2D eigenvalue weighted by molar-refractivity contribution is 0.306. The fourth-order valence-electron chi connectivity index (χ4n) is 2.19. The van der Waals surface area contributed by atoms with Crippen molar-refractivity contribution in [3.05, 3.63) is 81.8 Å². The van der Waals surface area contributed by atoms with Gasteiger partial charge < -0.3 is 4.74 Å².